The molecule has 4 aromatic carbocycles. The molecule has 5 rings (SSSR count). The van der Waals surface area contributed by atoms with Crippen LogP contribution in [-0.2, 0) is 0 Å². The lowest BCUT2D eigenvalue weighted by atomic mass is 10.2. The Bertz CT molecular complexity index is 1150. The number of fused-ring (bicyclic) bond motifs is 3. The van der Waals surface area contributed by atoms with Crippen LogP contribution < -0.4 is 10.4 Å². The summed E-state index contributed by atoms with van der Waals surface area (Å²) >= 11 is 0. The van der Waals surface area contributed by atoms with Crippen molar-refractivity contribution < 1.29 is 0 Å². The second kappa shape index (κ2) is 6.32. The van der Waals surface area contributed by atoms with Gasteiger partial charge in [-0.2, -0.15) is 0 Å². The second-order valence-corrected chi connectivity index (χ2v) is 7.82. The summed E-state index contributed by atoms with van der Waals surface area (Å²) in [7, 11) is 0.668. The molecule has 0 unspecified atom stereocenters. The summed E-state index contributed by atoms with van der Waals surface area (Å²) in [5.41, 5.74) is 3.74. The van der Waals surface area contributed by atoms with Crippen molar-refractivity contribution in [1.29, 1.82) is 0 Å². The van der Waals surface area contributed by atoms with Crippen LogP contribution in [0.5, 0.6) is 0 Å². The normalized spacial score (nSPS) is 11.2. The first-order valence-corrected chi connectivity index (χ1v) is 9.81. The highest BCUT2D eigenvalue weighted by Gasteiger charge is 2.11. The first kappa shape index (κ1) is 15.2. The van der Waals surface area contributed by atoms with Gasteiger partial charge in [0.25, 0.3) is 0 Å². The largest absolute Gasteiger partial charge is 0.309 e. The maximum absolute atomic E-state index is 2.38. The van der Waals surface area contributed by atoms with Gasteiger partial charge in [-0.25, -0.2) is 0 Å². The van der Waals surface area contributed by atoms with Gasteiger partial charge in [-0.05, 0) is 24.3 Å². The van der Waals surface area contributed by atoms with Gasteiger partial charge >= 0.3 is 0 Å². The van der Waals surface area contributed by atoms with Gasteiger partial charge in [-0.3, -0.25) is 0 Å². The van der Waals surface area contributed by atoms with Crippen molar-refractivity contribution in [2.45, 2.75) is 0 Å². The molecule has 0 bridgehead atoms. The number of aromatic nitrogens is 1. The molecule has 0 N–H and O–H groups in total. The first-order valence-electron chi connectivity index (χ1n) is 8.81. The molecule has 1 nitrogen and oxygen atoms in total. The van der Waals surface area contributed by atoms with E-state index < -0.39 is 0 Å². The number of hydrogen-bond donors (Lipinski definition) is 0. The van der Waals surface area contributed by atoms with E-state index >= 15 is 0 Å². The fraction of sp³-hybridized carbons (Fsp3) is 0. The standard InChI is InChI=1S/C24H17NSi/c1-2-10-19(11-3-1)26-20-12-8-9-18(17-20)25-23-15-6-4-13-21(23)22-14-5-7-16-24(22)25/h1-17H. The number of nitrogens with zero attached hydrogens (tertiary/aromatic N) is 1. The van der Waals surface area contributed by atoms with E-state index in [-0.39, 0.29) is 0 Å². The highest BCUT2D eigenvalue weighted by Crippen LogP contribution is 2.31. The molecule has 2 heteroatoms. The fourth-order valence-corrected chi connectivity index (χ4v) is 4.70. The minimum atomic E-state index is 0.668. The number of benzene rings is 4. The molecule has 1 aromatic heterocycles. The van der Waals surface area contributed by atoms with E-state index in [2.05, 4.69) is 108 Å². The van der Waals surface area contributed by atoms with Crippen molar-refractivity contribution in [3.8, 4) is 5.69 Å². The molecule has 122 valence electrons. The number of hydrogen-bond acceptors (Lipinski definition) is 0. The summed E-state index contributed by atoms with van der Waals surface area (Å²) in [6.07, 6.45) is 0. The predicted molar refractivity (Wildman–Crippen MR) is 112 cm³/mol. The molecule has 0 spiro atoms. The van der Waals surface area contributed by atoms with Crippen molar-refractivity contribution in [3.05, 3.63) is 103 Å². The van der Waals surface area contributed by atoms with Crippen LogP contribution in [0.25, 0.3) is 27.5 Å². The van der Waals surface area contributed by atoms with Gasteiger partial charge < -0.3 is 4.57 Å². The van der Waals surface area contributed by atoms with E-state index in [0.717, 1.165) is 0 Å². The number of rotatable bonds is 3. The van der Waals surface area contributed by atoms with Crippen LogP contribution in [0.4, 0.5) is 0 Å². The van der Waals surface area contributed by atoms with E-state index in [1.54, 1.807) is 0 Å². The molecule has 0 aliphatic carbocycles. The van der Waals surface area contributed by atoms with E-state index in [1.165, 1.54) is 37.9 Å². The van der Waals surface area contributed by atoms with Crippen molar-refractivity contribution in [1.82, 2.24) is 4.57 Å². The maximum Gasteiger partial charge on any atom is 0.121 e. The Labute approximate surface area is 155 Å². The summed E-state index contributed by atoms with van der Waals surface area (Å²) in [6, 6.07) is 36.9. The Kier molecular flexibility index (Phi) is 3.69. The lowest BCUT2D eigenvalue weighted by molar-refractivity contribution is 1.18. The van der Waals surface area contributed by atoms with Gasteiger partial charge in [-0.1, -0.05) is 89.2 Å². The van der Waals surface area contributed by atoms with Gasteiger partial charge in [0.15, 0.2) is 0 Å². The zero-order chi connectivity index (χ0) is 17.3. The van der Waals surface area contributed by atoms with Crippen molar-refractivity contribution in [2.75, 3.05) is 0 Å². The summed E-state index contributed by atoms with van der Waals surface area (Å²) in [5, 5.41) is 5.33. The monoisotopic (exact) mass is 347 g/mol. The molecule has 2 radical (unpaired) electrons. The smallest absolute Gasteiger partial charge is 0.121 e. The molecule has 0 atom stereocenters. The van der Waals surface area contributed by atoms with Gasteiger partial charge in [0, 0.05) is 16.5 Å². The van der Waals surface area contributed by atoms with Gasteiger partial charge in [0.2, 0.25) is 0 Å². The molecule has 26 heavy (non-hydrogen) atoms. The summed E-state index contributed by atoms with van der Waals surface area (Å²) in [5.74, 6) is 0. The Morgan fingerprint density at radius 1 is 0.500 bits per heavy atom. The third-order valence-corrected chi connectivity index (χ3v) is 5.97. The van der Waals surface area contributed by atoms with Crippen LogP contribution in [0.2, 0.25) is 0 Å². The molecule has 5 aromatic rings. The Morgan fingerprint density at radius 3 is 1.77 bits per heavy atom. The highest BCUT2D eigenvalue weighted by molar-refractivity contribution is 6.67. The van der Waals surface area contributed by atoms with Crippen LogP contribution in [0.1, 0.15) is 0 Å². The van der Waals surface area contributed by atoms with E-state index in [1.807, 2.05) is 0 Å². The summed E-state index contributed by atoms with van der Waals surface area (Å²) in [6.45, 7) is 0. The summed E-state index contributed by atoms with van der Waals surface area (Å²) in [4.78, 5) is 0. The third kappa shape index (κ3) is 2.56. The topological polar surface area (TPSA) is 4.93 Å². The lowest BCUT2D eigenvalue weighted by Crippen LogP contribution is -2.26. The Morgan fingerprint density at radius 2 is 1.08 bits per heavy atom. The second-order valence-electron chi connectivity index (χ2n) is 6.41. The molecular formula is C24H17NSi. The van der Waals surface area contributed by atoms with E-state index in [9.17, 15) is 0 Å². The first-order chi connectivity index (χ1) is 12.9. The van der Waals surface area contributed by atoms with Gasteiger partial charge in [0.1, 0.15) is 9.52 Å². The molecule has 0 saturated carbocycles. The zero-order valence-electron chi connectivity index (χ0n) is 14.3. The number of para-hydroxylation sites is 2. The molecule has 0 amide bonds. The lowest BCUT2D eigenvalue weighted by Gasteiger charge is -2.10. The highest BCUT2D eigenvalue weighted by atomic mass is 28.2. The minimum Gasteiger partial charge on any atom is -0.309 e. The maximum atomic E-state index is 2.38. The Balaban J connectivity index is 1.69. The summed E-state index contributed by atoms with van der Waals surface area (Å²) < 4.78 is 2.38. The van der Waals surface area contributed by atoms with Gasteiger partial charge in [0.05, 0.1) is 11.0 Å². The predicted octanol–water partition coefficient (Wildman–Crippen LogP) is 4.44. The SMILES string of the molecule is c1ccc([Si]c2cccc(-n3c4ccccc4c4ccccc43)c2)cc1. The molecule has 0 saturated heterocycles. The molecule has 1 heterocycles. The van der Waals surface area contributed by atoms with E-state index in [0.29, 0.717) is 9.52 Å². The van der Waals surface area contributed by atoms with Crippen LogP contribution >= 0.6 is 0 Å². The van der Waals surface area contributed by atoms with Crippen LogP contribution in [0.3, 0.4) is 0 Å². The fourth-order valence-electron chi connectivity index (χ4n) is 3.61. The third-order valence-electron chi connectivity index (χ3n) is 4.75. The van der Waals surface area contributed by atoms with Gasteiger partial charge in [-0.15, -0.1) is 0 Å². The molecule has 0 aliphatic heterocycles. The quantitative estimate of drug-likeness (QED) is 0.425. The van der Waals surface area contributed by atoms with Crippen LogP contribution in [0, 0.1) is 0 Å². The average molecular weight is 347 g/mol. The van der Waals surface area contributed by atoms with E-state index in [4.69, 9.17) is 0 Å². The minimum absolute atomic E-state index is 0.668. The Hall–Kier alpha value is -3.10. The average Bonchev–Trinajstić information content (AvgIpc) is 3.04. The molecular weight excluding hydrogens is 330 g/mol. The molecule has 0 fully saturated rings. The molecule has 0 aliphatic rings. The van der Waals surface area contributed by atoms with Crippen molar-refractivity contribution in [3.63, 3.8) is 0 Å². The van der Waals surface area contributed by atoms with Crippen molar-refractivity contribution >= 4 is 41.7 Å². The van der Waals surface area contributed by atoms with Crippen molar-refractivity contribution in [2.24, 2.45) is 0 Å². The van der Waals surface area contributed by atoms with Crippen LogP contribution in [0.15, 0.2) is 103 Å². The van der Waals surface area contributed by atoms with Crippen LogP contribution in [-0.4, -0.2) is 14.1 Å². The zero-order valence-corrected chi connectivity index (χ0v) is 15.3.